The molecule has 0 saturated carbocycles. The van der Waals surface area contributed by atoms with Crippen LogP contribution in [0, 0.1) is 0 Å². The van der Waals surface area contributed by atoms with Gasteiger partial charge in [0.2, 0.25) is 0 Å². The van der Waals surface area contributed by atoms with E-state index in [0.29, 0.717) is 0 Å². The van der Waals surface area contributed by atoms with Crippen LogP contribution >= 0.6 is 0 Å². The first kappa shape index (κ1) is 12.4. The summed E-state index contributed by atoms with van der Waals surface area (Å²) in [5, 5.41) is 3.52. The van der Waals surface area contributed by atoms with Gasteiger partial charge < -0.3 is 5.32 Å². The number of nitrogens with one attached hydrogen (secondary N) is 1. The Bertz CT molecular complexity index is 313. The first-order chi connectivity index (χ1) is 7.16. The Morgan fingerprint density at radius 2 is 1.93 bits per heavy atom. The molecule has 0 aliphatic carbocycles. The van der Waals surface area contributed by atoms with Gasteiger partial charge in [0.25, 0.3) is 0 Å². The van der Waals surface area contributed by atoms with Crippen molar-refractivity contribution in [3.05, 3.63) is 35.9 Å². The zero-order chi connectivity index (χ0) is 11.3. The largest absolute Gasteiger partial charge is 0.309 e. The highest BCUT2D eigenvalue weighted by molar-refractivity contribution is 7.84. The van der Waals surface area contributed by atoms with Gasteiger partial charge in [-0.1, -0.05) is 37.3 Å². The van der Waals surface area contributed by atoms with Gasteiger partial charge in [0, 0.05) is 23.1 Å². The maximum absolute atomic E-state index is 11.5. The Labute approximate surface area is 94.5 Å². The molecule has 1 aromatic carbocycles. The third-order valence-corrected chi connectivity index (χ3v) is 3.90. The highest BCUT2D eigenvalue weighted by Gasteiger charge is 2.20. The third kappa shape index (κ3) is 3.43. The lowest BCUT2D eigenvalue weighted by molar-refractivity contribution is 0.537. The van der Waals surface area contributed by atoms with E-state index < -0.39 is 10.8 Å². The summed E-state index contributed by atoms with van der Waals surface area (Å²) >= 11 is 0. The average Bonchev–Trinajstić information content (AvgIpc) is 2.26. The van der Waals surface area contributed by atoms with E-state index in [1.165, 1.54) is 5.56 Å². The summed E-state index contributed by atoms with van der Waals surface area (Å²) in [6.45, 7) is 4.98. The predicted molar refractivity (Wildman–Crippen MR) is 66.4 cm³/mol. The fraction of sp³-hybridized carbons (Fsp3) is 0.500. The summed E-state index contributed by atoms with van der Waals surface area (Å²) in [6.07, 6.45) is 1.76. The second kappa shape index (κ2) is 6.03. The quantitative estimate of drug-likeness (QED) is 0.831. The molecule has 0 aliphatic heterocycles. The number of rotatable bonds is 5. The lowest BCUT2D eigenvalue weighted by Crippen LogP contribution is -2.32. The SMILES string of the molecule is CCNC(c1ccccc1)C(C)S(C)=O. The summed E-state index contributed by atoms with van der Waals surface area (Å²) in [7, 11) is -0.805. The molecule has 0 amide bonds. The van der Waals surface area contributed by atoms with Gasteiger partial charge in [-0.2, -0.15) is 0 Å². The summed E-state index contributed by atoms with van der Waals surface area (Å²) in [5.74, 6) is 0. The first-order valence-electron chi connectivity index (χ1n) is 5.27. The monoisotopic (exact) mass is 225 g/mol. The van der Waals surface area contributed by atoms with E-state index >= 15 is 0 Å². The summed E-state index contributed by atoms with van der Waals surface area (Å²) in [4.78, 5) is 0. The normalized spacial score (nSPS) is 17.0. The van der Waals surface area contributed by atoms with E-state index in [0.717, 1.165) is 6.54 Å². The van der Waals surface area contributed by atoms with Crippen molar-refractivity contribution in [1.82, 2.24) is 5.32 Å². The predicted octanol–water partition coefficient (Wildman–Crippen LogP) is 2.10. The van der Waals surface area contributed by atoms with Crippen LogP contribution in [0.25, 0.3) is 0 Å². The van der Waals surface area contributed by atoms with Crippen LogP contribution in [0.5, 0.6) is 0 Å². The van der Waals surface area contributed by atoms with Gasteiger partial charge in [0.1, 0.15) is 0 Å². The summed E-state index contributed by atoms with van der Waals surface area (Å²) in [6, 6.07) is 10.4. The van der Waals surface area contributed by atoms with Gasteiger partial charge in [-0.25, -0.2) is 0 Å². The average molecular weight is 225 g/mol. The fourth-order valence-corrected chi connectivity index (χ4v) is 2.26. The molecular formula is C12H19NOS. The highest BCUT2D eigenvalue weighted by atomic mass is 32.2. The zero-order valence-electron chi connectivity index (χ0n) is 9.57. The lowest BCUT2D eigenvalue weighted by Gasteiger charge is -2.23. The molecule has 1 aromatic rings. The molecule has 0 saturated heterocycles. The Kier molecular flexibility index (Phi) is 4.99. The molecule has 1 rings (SSSR count). The van der Waals surface area contributed by atoms with Crippen LogP contribution in [0.4, 0.5) is 0 Å². The van der Waals surface area contributed by atoms with E-state index in [9.17, 15) is 4.21 Å². The Balaban J connectivity index is 2.87. The molecule has 3 heteroatoms. The molecular weight excluding hydrogens is 206 g/mol. The van der Waals surface area contributed by atoms with Gasteiger partial charge in [-0.05, 0) is 19.0 Å². The molecule has 0 aromatic heterocycles. The minimum Gasteiger partial charge on any atom is -0.309 e. The standard InChI is InChI=1S/C12H19NOS/c1-4-13-12(10(2)15(3)14)11-8-6-5-7-9-11/h5-10,12-13H,4H2,1-3H3. The molecule has 0 fully saturated rings. The van der Waals surface area contributed by atoms with Crippen molar-refractivity contribution < 1.29 is 4.21 Å². The number of hydrogen-bond donors (Lipinski definition) is 1. The molecule has 84 valence electrons. The van der Waals surface area contributed by atoms with Crippen LogP contribution < -0.4 is 5.32 Å². The fourth-order valence-electron chi connectivity index (χ4n) is 1.63. The molecule has 15 heavy (non-hydrogen) atoms. The topological polar surface area (TPSA) is 29.1 Å². The van der Waals surface area contributed by atoms with Crippen molar-refractivity contribution in [2.24, 2.45) is 0 Å². The zero-order valence-corrected chi connectivity index (χ0v) is 10.4. The smallest absolute Gasteiger partial charge is 0.0511 e. The minimum absolute atomic E-state index is 0.132. The number of hydrogen-bond acceptors (Lipinski definition) is 2. The Morgan fingerprint density at radius 3 is 2.40 bits per heavy atom. The highest BCUT2D eigenvalue weighted by Crippen LogP contribution is 2.19. The van der Waals surface area contributed by atoms with Crippen LogP contribution in [-0.2, 0) is 10.8 Å². The van der Waals surface area contributed by atoms with Crippen LogP contribution in [0.3, 0.4) is 0 Å². The van der Waals surface area contributed by atoms with Crippen LogP contribution in [0.2, 0.25) is 0 Å². The van der Waals surface area contributed by atoms with Crippen LogP contribution in [-0.4, -0.2) is 22.3 Å². The summed E-state index contributed by atoms with van der Waals surface area (Å²) < 4.78 is 11.5. The van der Waals surface area contributed by atoms with E-state index in [1.807, 2.05) is 25.1 Å². The molecule has 0 spiro atoms. The minimum atomic E-state index is -0.805. The molecule has 0 heterocycles. The third-order valence-electron chi connectivity index (χ3n) is 2.58. The van der Waals surface area contributed by atoms with Crippen molar-refractivity contribution in [1.29, 1.82) is 0 Å². The number of benzene rings is 1. The maximum Gasteiger partial charge on any atom is 0.0511 e. The van der Waals surface area contributed by atoms with E-state index in [4.69, 9.17) is 0 Å². The molecule has 1 N–H and O–H groups in total. The molecule has 0 radical (unpaired) electrons. The van der Waals surface area contributed by atoms with Crippen molar-refractivity contribution in [3.8, 4) is 0 Å². The summed E-state index contributed by atoms with van der Waals surface area (Å²) in [5.41, 5.74) is 1.21. The van der Waals surface area contributed by atoms with Gasteiger partial charge in [0.05, 0.1) is 5.25 Å². The molecule has 2 nitrogen and oxygen atoms in total. The second-order valence-electron chi connectivity index (χ2n) is 3.65. The van der Waals surface area contributed by atoms with Crippen LogP contribution in [0.1, 0.15) is 25.5 Å². The van der Waals surface area contributed by atoms with E-state index in [1.54, 1.807) is 6.26 Å². The van der Waals surface area contributed by atoms with Crippen LogP contribution in [0.15, 0.2) is 30.3 Å². The van der Waals surface area contributed by atoms with Gasteiger partial charge in [-0.3, -0.25) is 4.21 Å². The Morgan fingerprint density at radius 1 is 1.33 bits per heavy atom. The van der Waals surface area contributed by atoms with Crippen molar-refractivity contribution >= 4 is 10.8 Å². The van der Waals surface area contributed by atoms with Gasteiger partial charge >= 0.3 is 0 Å². The van der Waals surface area contributed by atoms with E-state index in [-0.39, 0.29) is 11.3 Å². The maximum atomic E-state index is 11.5. The lowest BCUT2D eigenvalue weighted by atomic mass is 10.0. The molecule has 3 unspecified atom stereocenters. The second-order valence-corrected chi connectivity index (χ2v) is 5.39. The molecule has 3 atom stereocenters. The van der Waals surface area contributed by atoms with E-state index in [2.05, 4.69) is 24.4 Å². The molecule has 0 aliphatic rings. The molecule has 0 bridgehead atoms. The first-order valence-corrected chi connectivity index (χ1v) is 6.89. The van der Waals surface area contributed by atoms with Crippen molar-refractivity contribution in [2.45, 2.75) is 25.1 Å². The van der Waals surface area contributed by atoms with Gasteiger partial charge in [-0.15, -0.1) is 0 Å². The van der Waals surface area contributed by atoms with Gasteiger partial charge in [0.15, 0.2) is 0 Å². The Hall–Kier alpha value is -0.670. The van der Waals surface area contributed by atoms with Crippen molar-refractivity contribution in [3.63, 3.8) is 0 Å². The van der Waals surface area contributed by atoms with Crippen molar-refractivity contribution in [2.75, 3.05) is 12.8 Å².